The maximum Gasteiger partial charge on any atom is 0.244 e. The van der Waals surface area contributed by atoms with Crippen molar-refractivity contribution >= 4 is 11.6 Å². The average Bonchev–Trinajstić information content (AvgIpc) is 2.60. The van der Waals surface area contributed by atoms with E-state index in [1.54, 1.807) is 38.7 Å². The van der Waals surface area contributed by atoms with Crippen molar-refractivity contribution in [2.24, 2.45) is 5.10 Å². The number of hydrogen-bond donors (Lipinski definition) is 1. The van der Waals surface area contributed by atoms with Crippen LogP contribution in [-0.4, -0.2) is 30.8 Å². The van der Waals surface area contributed by atoms with E-state index in [1.165, 1.54) is 0 Å². The number of methoxy groups -OCH3 is 2. The number of benzene rings is 1. The van der Waals surface area contributed by atoms with Gasteiger partial charge >= 0.3 is 0 Å². The number of ether oxygens (including phenoxy) is 2. The monoisotopic (exact) mass is 313 g/mol. The van der Waals surface area contributed by atoms with E-state index < -0.39 is 0 Å². The zero-order valence-corrected chi connectivity index (χ0v) is 13.4. The van der Waals surface area contributed by atoms with Gasteiger partial charge in [0.15, 0.2) is 11.5 Å². The van der Waals surface area contributed by atoms with Crippen molar-refractivity contribution in [1.82, 2.24) is 10.4 Å². The van der Waals surface area contributed by atoms with Crippen LogP contribution in [0.15, 0.2) is 47.8 Å². The van der Waals surface area contributed by atoms with Gasteiger partial charge in [-0.3, -0.25) is 9.78 Å². The summed E-state index contributed by atoms with van der Waals surface area (Å²) < 4.78 is 10.4. The molecule has 0 radical (unpaired) electrons. The maximum atomic E-state index is 12.0. The molecule has 1 N–H and O–H groups in total. The highest BCUT2D eigenvalue weighted by Gasteiger charge is 2.08. The quantitative estimate of drug-likeness (QED) is 0.655. The van der Waals surface area contributed by atoms with Gasteiger partial charge < -0.3 is 9.47 Å². The molecule has 120 valence electrons. The van der Waals surface area contributed by atoms with Crippen molar-refractivity contribution in [3.63, 3.8) is 0 Å². The van der Waals surface area contributed by atoms with E-state index in [2.05, 4.69) is 15.5 Å². The summed E-state index contributed by atoms with van der Waals surface area (Å²) in [5, 5.41) is 4.09. The molecule has 1 aromatic carbocycles. The summed E-state index contributed by atoms with van der Waals surface area (Å²) in [5.41, 5.74) is 4.91. The Labute approximate surface area is 135 Å². The van der Waals surface area contributed by atoms with Gasteiger partial charge in [0.1, 0.15) is 0 Å². The molecule has 0 unspecified atom stereocenters. The van der Waals surface area contributed by atoms with E-state index in [0.29, 0.717) is 17.2 Å². The van der Waals surface area contributed by atoms with Crippen LogP contribution in [0, 0.1) is 0 Å². The Hall–Kier alpha value is -2.89. The van der Waals surface area contributed by atoms with Gasteiger partial charge in [-0.1, -0.05) is 12.1 Å². The third kappa shape index (κ3) is 4.54. The number of carbonyl (C=O) groups excluding carboxylic acids is 1. The molecule has 0 saturated carbocycles. The number of rotatable bonds is 6. The Morgan fingerprint density at radius 2 is 2.00 bits per heavy atom. The molecule has 2 aromatic rings. The van der Waals surface area contributed by atoms with Crippen LogP contribution in [-0.2, 0) is 11.2 Å². The van der Waals surface area contributed by atoms with Gasteiger partial charge in [0.25, 0.3) is 0 Å². The Morgan fingerprint density at radius 3 is 2.65 bits per heavy atom. The smallest absolute Gasteiger partial charge is 0.244 e. The first kappa shape index (κ1) is 16.5. The van der Waals surface area contributed by atoms with E-state index in [4.69, 9.17) is 9.47 Å². The number of aromatic nitrogens is 1. The normalized spacial score (nSPS) is 11.0. The van der Waals surface area contributed by atoms with E-state index >= 15 is 0 Å². The van der Waals surface area contributed by atoms with Gasteiger partial charge in [-0.15, -0.1) is 0 Å². The lowest BCUT2D eigenvalue weighted by Gasteiger charge is -2.09. The highest BCUT2D eigenvalue weighted by Crippen LogP contribution is 2.27. The molecule has 1 heterocycles. The fraction of sp³-hybridized carbons (Fsp3) is 0.235. The molecule has 1 amide bonds. The highest BCUT2D eigenvalue weighted by molar-refractivity contribution is 5.99. The zero-order chi connectivity index (χ0) is 16.7. The second-order valence-corrected chi connectivity index (χ2v) is 4.84. The number of amides is 1. The minimum absolute atomic E-state index is 0.199. The van der Waals surface area contributed by atoms with E-state index in [0.717, 1.165) is 11.1 Å². The lowest BCUT2D eigenvalue weighted by atomic mass is 10.1. The Morgan fingerprint density at radius 1 is 1.22 bits per heavy atom. The van der Waals surface area contributed by atoms with Gasteiger partial charge in [-0.05, 0) is 30.7 Å². The topological polar surface area (TPSA) is 72.8 Å². The summed E-state index contributed by atoms with van der Waals surface area (Å²) >= 11 is 0. The minimum Gasteiger partial charge on any atom is -0.493 e. The number of pyridine rings is 1. The number of nitrogens with one attached hydrogen (secondary N) is 1. The van der Waals surface area contributed by atoms with Crippen LogP contribution in [0.25, 0.3) is 0 Å². The SMILES string of the molecule is COc1ccc(CC(=O)N/N=C(/C)c2cccnc2)cc1OC. The van der Waals surface area contributed by atoms with E-state index in [-0.39, 0.29) is 12.3 Å². The van der Waals surface area contributed by atoms with Crippen molar-refractivity contribution in [1.29, 1.82) is 0 Å². The maximum absolute atomic E-state index is 12.0. The second kappa shape index (κ2) is 7.93. The molecular weight excluding hydrogens is 294 g/mol. The summed E-state index contributed by atoms with van der Waals surface area (Å²) in [6.45, 7) is 1.81. The molecule has 0 saturated heterocycles. The van der Waals surface area contributed by atoms with Crippen LogP contribution < -0.4 is 14.9 Å². The molecule has 0 aliphatic carbocycles. The summed E-state index contributed by atoms with van der Waals surface area (Å²) in [6, 6.07) is 9.06. The summed E-state index contributed by atoms with van der Waals surface area (Å²) in [7, 11) is 3.13. The van der Waals surface area contributed by atoms with Crippen molar-refractivity contribution < 1.29 is 14.3 Å². The van der Waals surface area contributed by atoms with Crippen LogP contribution in [0.2, 0.25) is 0 Å². The third-order valence-corrected chi connectivity index (χ3v) is 3.24. The molecule has 0 fully saturated rings. The molecule has 6 nitrogen and oxygen atoms in total. The lowest BCUT2D eigenvalue weighted by molar-refractivity contribution is -0.120. The van der Waals surface area contributed by atoms with Crippen molar-refractivity contribution in [2.75, 3.05) is 14.2 Å². The van der Waals surface area contributed by atoms with Gasteiger partial charge in [-0.25, -0.2) is 5.43 Å². The van der Waals surface area contributed by atoms with Crippen LogP contribution in [0.1, 0.15) is 18.1 Å². The second-order valence-electron chi connectivity index (χ2n) is 4.84. The average molecular weight is 313 g/mol. The minimum atomic E-state index is -0.208. The van der Waals surface area contributed by atoms with Gasteiger partial charge in [0.05, 0.1) is 26.4 Å². The number of hydrogen-bond acceptors (Lipinski definition) is 5. The first-order valence-electron chi connectivity index (χ1n) is 7.08. The fourth-order valence-electron chi connectivity index (χ4n) is 2.00. The first-order chi connectivity index (χ1) is 11.1. The van der Waals surface area contributed by atoms with Crippen LogP contribution >= 0.6 is 0 Å². The van der Waals surface area contributed by atoms with E-state index in [9.17, 15) is 4.79 Å². The fourth-order valence-corrected chi connectivity index (χ4v) is 2.00. The van der Waals surface area contributed by atoms with Gasteiger partial charge in [-0.2, -0.15) is 5.10 Å². The van der Waals surface area contributed by atoms with Crippen LogP contribution in [0.3, 0.4) is 0 Å². The summed E-state index contributed by atoms with van der Waals surface area (Å²) in [4.78, 5) is 16.0. The molecule has 1 aromatic heterocycles. The van der Waals surface area contributed by atoms with Crippen molar-refractivity contribution in [2.45, 2.75) is 13.3 Å². The summed E-state index contributed by atoms with van der Waals surface area (Å²) in [5.74, 6) is 1.01. The zero-order valence-electron chi connectivity index (χ0n) is 13.4. The molecule has 6 heteroatoms. The van der Waals surface area contributed by atoms with Gasteiger partial charge in [0, 0.05) is 18.0 Å². The predicted octanol–water partition coefficient (Wildman–Crippen LogP) is 2.18. The molecule has 0 atom stereocenters. The number of carbonyl (C=O) groups is 1. The molecule has 0 aliphatic rings. The standard InChI is InChI=1S/C17H19N3O3/c1-12(14-5-4-8-18-11-14)19-20-17(21)10-13-6-7-15(22-2)16(9-13)23-3/h4-9,11H,10H2,1-3H3,(H,20,21)/b19-12-. The molecule has 2 rings (SSSR count). The van der Waals surface area contributed by atoms with Crippen LogP contribution in [0.4, 0.5) is 0 Å². The van der Waals surface area contributed by atoms with Crippen LogP contribution in [0.5, 0.6) is 11.5 Å². The summed E-state index contributed by atoms with van der Waals surface area (Å²) in [6.07, 6.45) is 3.58. The van der Waals surface area contributed by atoms with Gasteiger partial charge in [0.2, 0.25) is 5.91 Å². The molecule has 0 spiro atoms. The largest absolute Gasteiger partial charge is 0.493 e. The molecule has 0 bridgehead atoms. The Kier molecular flexibility index (Phi) is 5.68. The number of hydrazone groups is 1. The lowest BCUT2D eigenvalue weighted by Crippen LogP contribution is -2.21. The third-order valence-electron chi connectivity index (χ3n) is 3.24. The molecular formula is C17H19N3O3. The molecule has 0 aliphatic heterocycles. The van der Waals surface area contributed by atoms with E-state index in [1.807, 2.05) is 25.1 Å². The van der Waals surface area contributed by atoms with Crippen molar-refractivity contribution in [3.8, 4) is 11.5 Å². The first-order valence-corrected chi connectivity index (χ1v) is 7.08. The number of nitrogens with zero attached hydrogens (tertiary/aromatic N) is 2. The highest BCUT2D eigenvalue weighted by atomic mass is 16.5. The molecule has 23 heavy (non-hydrogen) atoms. The Bertz CT molecular complexity index is 699. The van der Waals surface area contributed by atoms with Crippen molar-refractivity contribution in [3.05, 3.63) is 53.9 Å². The Balaban J connectivity index is 2.00. The predicted molar refractivity (Wildman–Crippen MR) is 87.8 cm³/mol.